The topological polar surface area (TPSA) is 96.0 Å². The predicted octanol–water partition coefficient (Wildman–Crippen LogP) is 2.22. The zero-order valence-electron chi connectivity index (χ0n) is 17.7. The number of hydrogen-bond acceptors (Lipinski definition) is 5. The predicted molar refractivity (Wildman–Crippen MR) is 102 cm³/mol. The van der Waals surface area contributed by atoms with E-state index in [9.17, 15) is 32.3 Å². The molecule has 31 heavy (non-hydrogen) atoms. The van der Waals surface area contributed by atoms with E-state index in [1.807, 2.05) is 6.92 Å². The molecular formula is C20H28F3N3O5. The van der Waals surface area contributed by atoms with Crippen LogP contribution in [0.15, 0.2) is 0 Å². The summed E-state index contributed by atoms with van der Waals surface area (Å²) in [7, 11) is 0. The van der Waals surface area contributed by atoms with Crippen LogP contribution in [0.2, 0.25) is 0 Å². The normalized spacial score (nSPS) is 27.3. The van der Waals surface area contributed by atoms with Crippen LogP contribution in [0.4, 0.5) is 18.0 Å². The Hall–Kier alpha value is -2.33. The van der Waals surface area contributed by atoms with Crippen LogP contribution < -0.4 is 5.32 Å². The second kappa shape index (κ2) is 8.66. The molecule has 1 spiro atoms. The smallest absolute Gasteiger partial charge is 0.406 e. The van der Waals surface area contributed by atoms with Gasteiger partial charge in [-0.25, -0.2) is 4.79 Å². The fraction of sp³-hybridized carbons (Fsp3) is 0.800. The molecule has 3 aliphatic rings. The Balaban J connectivity index is 1.57. The number of amides is 4. The Morgan fingerprint density at radius 2 is 1.94 bits per heavy atom. The van der Waals surface area contributed by atoms with E-state index < -0.39 is 61.3 Å². The van der Waals surface area contributed by atoms with Crippen LogP contribution in [0.25, 0.3) is 0 Å². The van der Waals surface area contributed by atoms with Crippen molar-refractivity contribution in [3.05, 3.63) is 0 Å². The fourth-order valence-corrected chi connectivity index (χ4v) is 4.52. The number of imide groups is 1. The molecule has 0 aromatic carbocycles. The van der Waals surface area contributed by atoms with Crippen LogP contribution in [-0.4, -0.2) is 71.1 Å². The van der Waals surface area contributed by atoms with Gasteiger partial charge in [-0.15, -0.1) is 0 Å². The molecule has 3 unspecified atom stereocenters. The Kier molecular flexibility index (Phi) is 6.52. The standard InChI is InChI=1S/C20H28F3N3O5/c1-12-5-3-4-8-19(12)17(29)25(18(30)24-19)9-16(28)31-10-15(27)26(11-20(21,22)23)13(2)14-6-7-14/h12-14H,3-11H2,1-2H3,(H,24,30). The van der Waals surface area contributed by atoms with Crippen molar-refractivity contribution in [3.63, 3.8) is 0 Å². The maximum Gasteiger partial charge on any atom is 0.406 e. The van der Waals surface area contributed by atoms with Gasteiger partial charge in [0.2, 0.25) is 0 Å². The van der Waals surface area contributed by atoms with E-state index in [0.29, 0.717) is 11.3 Å². The SMILES string of the molecule is CC(C1CC1)N(CC(F)(F)F)C(=O)COC(=O)CN1C(=O)NC2(CCCCC2C)C1=O. The van der Waals surface area contributed by atoms with Crippen molar-refractivity contribution in [1.82, 2.24) is 15.1 Å². The maximum absolute atomic E-state index is 12.9. The third-order valence-electron chi connectivity index (χ3n) is 6.61. The molecule has 0 aromatic heterocycles. The molecule has 0 radical (unpaired) electrons. The van der Waals surface area contributed by atoms with Gasteiger partial charge in [0.25, 0.3) is 11.8 Å². The number of rotatable bonds is 7. The first kappa shape index (κ1) is 23.3. The quantitative estimate of drug-likeness (QED) is 0.477. The van der Waals surface area contributed by atoms with Crippen molar-refractivity contribution < 1.29 is 37.1 Å². The van der Waals surface area contributed by atoms with Crippen molar-refractivity contribution in [2.24, 2.45) is 11.8 Å². The summed E-state index contributed by atoms with van der Waals surface area (Å²) < 4.78 is 43.5. The molecule has 1 aliphatic heterocycles. The number of nitrogens with one attached hydrogen (secondary N) is 1. The zero-order chi connectivity index (χ0) is 23.0. The molecule has 2 aliphatic carbocycles. The molecule has 2 saturated carbocycles. The summed E-state index contributed by atoms with van der Waals surface area (Å²) in [4.78, 5) is 51.1. The molecule has 0 aromatic rings. The molecule has 8 nitrogen and oxygen atoms in total. The fourth-order valence-electron chi connectivity index (χ4n) is 4.52. The number of ether oxygens (including phenoxy) is 1. The van der Waals surface area contributed by atoms with Crippen LogP contribution in [0.1, 0.15) is 52.4 Å². The van der Waals surface area contributed by atoms with E-state index in [2.05, 4.69) is 5.32 Å². The van der Waals surface area contributed by atoms with E-state index in [-0.39, 0.29) is 11.8 Å². The zero-order valence-corrected chi connectivity index (χ0v) is 17.7. The van der Waals surface area contributed by atoms with Crippen LogP contribution in [0.5, 0.6) is 0 Å². The summed E-state index contributed by atoms with van der Waals surface area (Å²) in [5.74, 6) is -2.57. The molecule has 0 bridgehead atoms. The molecule has 3 atom stereocenters. The Bertz CT molecular complexity index is 755. The van der Waals surface area contributed by atoms with Gasteiger partial charge in [0, 0.05) is 6.04 Å². The first-order valence-electron chi connectivity index (χ1n) is 10.6. The van der Waals surface area contributed by atoms with Gasteiger partial charge in [-0.05, 0) is 44.4 Å². The van der Waals surface area contributed by atoms with Crippen molar-refractivity contribution in [1.29, 1.82) is 0 Å². The highest BCUT2D eigenvalue weighted by Crippen LogP contribution is 2.38. The lowest BCUT2D eigenvalue weighted by atomic mass is 9.73. The van der Waals surface area contributed by atoms with Gasteiger partial charge in [-0.1, -0.05) is 19.8 Å². The molecule has 3 rings (SSSR count). The molecular weight excluding hydrogens is 419 g/mol. The minimum absolute atomic E-state index is 0.00147. The summed E-state index contributed by atoms with van der Waals surface area (Å²) in [6.07, 6.45) is -0.111. The van der Waals surface area contributed by atoms with Crippen molar-refractivity contribution in [2.75, 3.05) is 19.7 Å². The van der Waals surface area contributed by atoms with Gasteiger partial charge in [-0.3, -0.25) is 19.3 Å². The van der Waals surface area contributed by atoms with Crippen LogP contribution in [-0.2, 0) is 19.1 Å². The van der Waals surface area contributed by atoms with Gasteiger partial charge in [-0.2, -0.15) is 13.2 Å². The summed E-state index contributed by atoms with van der Waals surface area (Å²) in [5, 5.41) is 2.70. The largest absolute Gasteiger partial charge is 0.454 e. The second-order valence-corrected chi connectivity index (χ2v) is 8.82. The van der Waals surface area contributed by atoms with Crippen molar-refractivity contribution in [3.8, 4) is 0 Å². The van der Waals surface area contributed by atoms with Crippen LogP contribution in [0, 0.1) is 11.8 Å². The number of hydrogen-bond donors (Lipinski definition) is 1. The molecule has 4 amide bonds. The summed E-state index contributed by atoms with van der Waals surface area (Å²) in [6, 6.07) is -1.32. The van der Waals surface area contributed by atoms with E-state index in [0.717, 1.165) is 37.0 Å². The molecule has 11 heteroatoms. The molecule has 1 heterocycles. The highest BCUT2D eigenvalue weighted by atomic mass is 19.4. The first-order chi connectivity index (χ1) is 14.4. The van der Waals surface area contributed by atoms with Gasteiger partial charge < -0.3 is 15.0 Å². The Morgan fingerprint density at radius 1 is 1.26 bits per heavy atom. The molecule has 3 fully saturated rings. The average Bonchev–Trinajstić information content (AvgIpc) is 3.50. The molecule has 174 valence electrons. The lowest BCUT2D eigenvalue weighted by molar-refractivity contribution is -0.171. The van der Waals surface area contributed by atoms with Crippen molar-refractivity contribution >= 4 is 23.8 Å². The number of esters is 1. The number of alkyl halides is 3. The number of carbonyl (C=O) groups excluding carboxylic acids is 4. The van der Waals surface area contributed by atoms with E-state index in [1.54, 1.807) is 6.92 Å². The minimum Gasteiger partial charge on any atom is -0.454 e. The van der Waals surface area contributed by atoms with Crippen LogP contribution in [0.3, 0.4) is 0 Å². The Labute approximate surface area is 178 Å². The third-order valence-corrected chi connectivity index (χ3v) is 6.61. The van der Waals surface area contributed by atoms with Gasteiger partial charge in [0.15, 0.2) is 6.61 Å². The average molecular weight is 447 g/mol. The third kappa shape index (κ3) is 5.12. The summed E-state index contributed by atoms with van der Waals surface area (Å²) in [6.45, 7) is 0.421. The van der Waals surface area contributed by atoms with Gasteiger partial charge >= 0.3 is 18.2 Å². The monoisotopic (exact) mass is 447 g/mol. The Morgan fingerprint density at radius 3 is 2.52 bits per heavy atom. The second-order valence-electron chi connectivity index (χ2n) is 8.82. The van der Waals surface area contributed by atoms with E-state index in [1.165, 1.54) is 0 Å². The molecule has 1 saturated heterocycles. The number of carbonyl (C=O) groups is 4. The highest BCUT2D eigenvalue weighted by Gasteiger charge is 2.55. The van der Waals surface area contributed by atoms with Crippen LogP contribution >= 0.6 is 0 Å². The van der Waals surface area contributed by atoms with Gasteiger partial charge in [0.1, 0.15) is 18.6 Å². The van der Waals surface area contributed by atoms with Gasteiger partial charge in [0.05, 0.1) is 0 Å². The lowest BCUT2D eigenvalue weighted by Gasteiger charge is -2.36. The number of nitrogens with zero attached hydrogens (tertiary/aromatic N) is 2. The highest BCUT2D eigenvalue weighted by molar-refractivity contribution is 6.09. The number of urea groups is 1. The minimum atomic E-state index is -4.58. The molecule has 1 N–H and O–H groups in total. The number of halogens is 3. The van der Waals surface area contributed by atoms with E-state index >= 15 is 0 Å². The maximum atomic E-state index is 12.9. The first-order valence-corrected chi connectivity index (χ1v) is 10.6. The summed E-state index contributed by atoms with van der Waals surface area (Å²) in [5.41, 5.74) is -1.03. The van der Waals surface area contributed by atoms with E-state index in [4.69, 9.17) is 4.74 Å². The summed E-state index contributed by atoms with van der Waals surface area (Å²) >= 11 is 0. The van der Waals surface area contributed by atoms with Crippen molar-refractivity contribution in [2.45, 2.75) is 70.1 Å². The lowest BCUT2D eigenvalue weighted by Crippen LogP contribution is -2.54.